The summed E-state index contributed by atoms with van der Waals surface area (Å²) in [5.74, 6) is -0.628. The zero-order valence-electron chi connectivity index (χ0n) is 28.6. The summed E-state index contributed by atoms with van der Waals surface area (Å²) in [7, 11) is 2.02. The van der Waals surface area contributed by atoms with Crippen LogP contribution in [-0.2, 0) is 19.0 Å². The lowest BCUT2D eigenvalue weighted by molar-refractivity contribution is -0.150. The number of aliphatic hydroxyl groups excluding tert-OH is 1. The largest absolute Gasteiger partial charge is 0.457 e. The average molecular weight is 635 g/mol. The molecule has 256 valence electrons. The highest BCUT2D eigenvalue weighted by Crippen LogP contribution is 2.37. The summed E-state index contributed by atoms with van der Waals surface area (Å²) in [6.45, 7) is 15.7. The molecular weight excluding hydrogens is 576 g/mol. The molecule has 1 amide bonds. The van der Waals surface area contributed by atoms with E-state index in [2.05, 4.69) is 4.90 Å². The number of cyclic esters (lactones) is 1. The van der Waals surface area contributed by atoms with Crippen molar-refractivity contribution in [3.63, 3.8) is 0 Å². The summed E-state index contributed by atoms with van der Waals surface area (Å²) < 4.78 is 17.7. The molecule has 3 rings (SSSR count). The van der Waals surface area contributed by atoms with Gasteiger partial charge in [-0.05, 0) is 64.6 Å². The third kappa shape index (κ3) is 11.2. The molecule has 3 heterocycles. The number of carbonyl (C=O) groups is 2. The zero-order valence-corrected chi connectivity index (χ0v) is 28.6. The highest BCUT2D eigenvalue weighted by atomic mass is 16.6. The van der Waals surface area contributed by atoms with Crippen LogP contribution in [0.25, 0.3) is 0 Å². The van der Waals surface area contributed by atoms with Crippen LogP contribution in [0, 0.1) is 17.8 Å². The van der Waals surface area contributed by atoms with Gasteiger partial charge in [-0.15, -0.1) is 0 Å². The van der Waals surface area contributed by atoms with Gasteiger partial charge in [-0.25, -0.2) is 4.79 Å². The maximum Gasteiger partial charge on any atom is 0.410 e. The van der Waals surface area contributed by atoms with Gasteiger partial charge in [0.2, 0.25) is 0 Å². The Bertz CT molecular complexity index is 1080. The number of piperazine rings is 1. The summed E-state index contributed by atoms with van der Waals surface area (Å²) in [6.07, 6.45) is 8.57. The molecule has 3 aliphatic rings. The van der Waals surface area contributed by atoms with Gasteiger partial charge < -0.3 is 39.3 Å². The van der Waals surface area contributed by atoms with E-state index in [9.17, 15) is 24.9 Å². The first-order chi connectivity index (χ1) is 21.0. The Balaban J connectivity index is 1.74. The minimum absolute atomic E-state index is 0.00793. The molecule has 0 radical (unpaired) electrons. The number of rotatable bonds is 9. The van der Waals surface area contributed by atoms with Gasteiger partial charge in [0, 0.05) is 50.9 Å². The number of allylic oxidation sites excluding steroid dienone is 2. The van der Waals surface area contributed by atoms with Crippen molar-refractivity contribution in [3.8, 4) is 0 Å². The predicted molar refractivity (Wildman–Crippen MR) is 173 cm³/mol. The van der Waals surface area contributed by atoms with Crippen LogP contribution in [0.15, 0.2) is 36.0 Å². The van der Waals surface area contributed by atoms with Crippen molar-refractivity contribution in [2.75, 3.05) is 33.2 Å². The third-order valence-electron chi connectivity index (χ3n) is 9.63. The second kappa shape index (κ2) is 16.0. The number of esters is 1. The van der Waals surface area contributed by atoms with Gasteiger partial charge in [-0.1, -0.05) is 52.0 Å². The van der Waals surface area contributed by atoms with Gasteiger partial charge >= 0.3 is 12.1 Å². The summed E-state index contributed by atoms with van der Waals surface area (Å²) in [5.41, 5.74) is -1.65. The molecule has 0 bridgehead atoms. The highest BCUT2D eigenvalue weighted by molar-refractivity contribution is 5.70. The first kappa shape index (κ1) is 37.2. The minimum Gasteiger partial charge on any atom is -0.457 e. The van der Waals surface area contributed by atoms with E-state index in [-0.39, 0.29) is 42.4 Å². The molecule has 2 fully saturated rings. The van der Waals surface area contributed by atoms with Gasteiger partial charge in [0.15, 0.2) is 6.10 Å². The van der Waals surface area contributed by atoms with Crippen molar-refractivity contribution in [2.45, 2.75) is 122 Å². The van der Waals surface area contributed by atoms with Crippen molar-refractivity contribution in [2.24, 2.45) is 17.8 Å². The Labute approximate surface area is 270 Å². The maximum absolute atomic E-state index is 13.1. The fourth-order valence-corrected chi connectivity index (χ4v) is 6.15. The fourth-order valence-electron chi connectivity index (χ4n) is 6.15. The SMILES string of the molecule is CC[C@H](O)[C@@H](C)[C@H]1O[C@@H]1C[C@@](C)(O)/C=C/C=C(\C)[C@H]1OC(=O)C[C@H](C)CC[C@@](C)(O)[C@@H](OC(=O)N2CCN(C)CC2)/C=C/[C@@H]1C. The molecule has 0 unspecified atom stereocenters. The molecule has 0 spiro atoms. The van der Waals surface area contributed by atoms with Crippen LogP contribution in [-0.4, -0.2) is 112 Å². The van der Waals surface area contributed by atoms with Gasteiger partial charge in [-0.3, -0.25) is 4.79 Å². The Kier molecular flexibility index (Phi) is 13.3. The number of aliphatic hydroxyl groups is 3. The molecule has 10 nitrogen and oxygen atoms in total. The number of likely N-dealkylation sites (N-methyl/N-ethyl adjacent to an activating group) is 1. The molecule has 10 heteroatoms. The molecule has 3 aliphatic heterocycles. The fraction of sp³-hybridized carbons (Fsp3) is 0.771. The monoisotopic (exact) mass is 634 g/mol. The molecule has 0 aromatic carbocycles. The molecular formula is C35H58N2O8. The van der Waals surface area contributed by atoms with E-state index in [0.717, 1.165) is 18.7 Å². The molecule has 0 aromatic rings. The van der Waals surface area contributed by atoms with Crippen molar-refractivity contribution in [3.05, 3.63) is 36.0 Å². The second-order valence-corrected chi connectivity index (χ2v) is 14.3. The van der Waals surface area contributed by atoms with Crippen LogP contribution < -0.4 is 0 Å². The Morgan fingerprint density at radius 3 is 2.56 bits per heavy atom. The summed E-state index contributed by atoms with van der Waals surface area (Å²) in [4.78, 5) is 29.9. The summed E-state index contributed by atoms with van der Waals surface area (Å²) >= 11 is 0. The van der Waals surface area contributed by atoms with E-state index in [0.29, 0.717) is 38.8 Å². The molecule has 0 aromatic heterocycles. The first-order valence-electron chi connectivity index (χ1n) is 16.7. The second-order valence-electron chi connectivity index (χ2n) is 14.3. The summed E-state index contributed by atoms with van der Waals surface area (Å²) in [6, 6.07) is 0. The minimum atomic E-state index is -1.32. The number of epoxide rings is 1. The predicted octanol–water partition coefficient (Wildman–Crippen LogP) is 4.23. The Morgan fingerprint density at radius 1 is 1.24 bits per heavy atom. The van der Waals surface area contributed by atoms with Crippen LogP contribution >= 0.6 is 0 Å². The number of hydrogen-bond acceptors (Lipinski definition) is 9. The van der Waals surface area contributed by atoms with E-state index in [1.165, 1.54) is 0 Å². The van der Waals surface area contributed by atoms with Crippen LogP contribution in [0.2, 0.25) is 0 Å². The molecule has 0 saturated carbocycles. The zero-order chi connectivity index (χ0) is 33.5. The van der Waals surface area contributed by atoms with Crippen LogP contribution in [0.4, 0.5) is 4.79 Å². The maximum atomic E-state index is 13.1. The quantitative estimate of drug-likeness (QED) is 0.148. The molecule has 45 heavy (non-hydrogen) atoms. The Morgan fingerprint density at radius 2 is 1.91 bits per heavy atom. The number of nitrogens with zero attached hydrogens (tertiary/aromatic N) is 2. The summed E-state index contributed by atoms with van der Waals surface area (Å²) in [5, 5.41) is 32.6. The number of hydrogen-bond donors (Lipinski definition) is 3. The first-order valence-corrected chi connectivity index (χ1v) is 16.7. The third-order valence-corrected chi connectivity index (χ3v) is 9.63. The number of ether oxygens (including phenoxy) is 3. The molecule has 10 atom stereocenters. The van der Waals surface area contributed by atoms with Crippen LogP contribution in [0.1, 0.15) is 80.6 Å². The van der Waals surface area contributed by atoms with Crippen LogP contribution in [0.3, 0.4) is 0 Å². The smallest absolute Gasteiger partial charge is 0.410 e. The lowest BCUT2D eigenvalue weighted by Crippen LogP contribution is -2.50. The van der Waals surface area contributed by atoms with E-state index in [1.54, 1.807) is 37.0 Å². The van der Waals surface area contributed by atoms with Gasteiger partial charge in [0.1, 0.15) is 11.7 Å². The highest BCUT2D eigenvalue weighted by Gasteiger charge is 2.47. The van der Waals surface area contributed by atoms with Gasteiger partial charge in [0.05, 0.1) is 23.9 Å². The van der Waals surface area contributed by atoms with E-state index < -0.39 is 35.6 Å². The van der Waals surface area contributed by atoms with Crippen molar-refractivity contribution >= 4 is 12.1 Å². The lowest BCUT2D eigenvalue weighted by Gasteiger charge is -2.36. The molecule has 0 aliphatic carbocycles. The number of carbonyl (C=O) groups excluding carboxylic acids is 2. The number of amides is 1. The standard InChI is InChI=1S/C35H58N2O8/c1-9-27(38)26(5)32-28(43-32)22-34(6,41)15-10-11-24(3)31-25(4)12-13-29(44-33(40)37-19-17-36(8)18-20-37)35(7,42)16-14-23(2)21-30(39)45-31/h10-13,15,23,25-29,31-32,38,41-42H,9,14,16-22H2,1-8H3/b13-12+,15-10+,24-11+/t23-,25+,26-,27+,28-,29+,31-,32-,34+,35-/m1/s1. The van der Waals surface area contributed by atoms with Gasteiger partial charge in [-0.2, -0.15) is 0 Å². The average Bonchev–Trinajstić information content (AvgIpc) is 3.73. The Hall–Kier alpha value is -2.24. The molecule has 3 N–H and O–H groups in total. The van der Waals surface area contributed by atoms with Crippen molar-refractivity contribution < 1.29 is 39.1 Å². The molecule has 2 saturated heterocycles. The van der Waals surface area contributed by atoms with E-state index in [1.807, 2.05) is 53.8 Å². The lowest BCUT2D eigenvalue weighted by atomic mass is 9.87. The van der Waals surface area contributed by atoms with Gasteiger partial charge in [0.25, 0.3) is 0 Å². The van der Waals surface area contributed by atoms with Crippen molar-refractivity contribution in [1.82, 2.24) is 9.80 Å². The van der Waals surface area contributed by atoms with Crippen molar-refractivity contribution in [1.29, 1.82) is 0 Å². The van der Waals surface area contributed by atoms with E-state index in [4.69, 9.17) is 14.2 Å². The normalized spacial score (nSPS) is 35.8. The van der Waals surface area contributed by atoms with E-state index >= 15 is 0 Å². The topological polar surface area (TPSA) is 132 Å². The van der Waals surface area contributed by atoms with Crippen LogP contribution in [0.5, 0.6) is 0 Å².